The van der Waals surface area contributed by atoms with E-state index < -0.39 is 0 Å². The van der Waals surface area contributed by atoms with E-state index in [0.717, 1.165) is 11.8 Å². The fourth-order valence-electron chi connectivity index (χ4n) is 5.81. The fraction of sp³-hybridized carbons (Fsp3) is 0.867. The molecule has 0 aromatic rings. The van der Waals surface area contributed by atoms with E-state index in [1.807, 2.05) is 0 Å². The van der Waals surface area contributed by atoms with Crippen molar-refractivity contribution in [2.75, 3.05) is 0 Å². The van der Waals surface area contributed by atoms with E-state index in [1.54, 1.807) is 0 Å². The van der Waals surface area contributed by atoms with Crippen molar-refractivity contribution in [3.8, 4) is 6.07 Å². The minimum Gasteiger partial charge on any atom is -0.352 e. The van der Waals surface area contributed by atoms with Crippen molar-refractivity contribution in [2.45, 2.75) is 44.6 Å². The van der Waals surface area contributed by atoms with Crippen molar-refractivity contribution < 1.29 is 4.79 Å². The Labute approximate surface area is 108 Å². The number of nitrogens with zero attached hydrogens (tertiary/aromatic N) is 1. The van der Waals surface area contributed by atoms with Crippen LogP contribution in [0.4, 0.5) is 0 Å². The van der Waals surface area contributed by atoms with E-state index in [9.17, 15) is 10.1 Å². The second-order valence-corrected chi connectivity index (χ2v) is 6.75. The maximum atomic E-state index is 11.9. The standard InChI is InChI=1S/C15H20N2O/c16-7-11-13-9-5-1-3-8-4-2-6-10(12(8)9)14(13)17-15(11)18/h8-14H,1-6H2,(H,17,18). The normalized spacial score (nSPS) is 53.3. The third kappa shape index (κ3) is 1.22. The first-order chi connectivity index (χ1) is 8.81. The molecule has 1 amide bonds. The first-order valence-electron chi connectivity index (χ1n) is 7.51. The van der Waals surface area contributed by atoms with Gasteiger partial charge in [-0.05, 0) is 36.5 Å². The van der Waals surface area contributed by atoms with Crippen LogP contribution in [0.15, 0.2) is 0 Å². The number of nitrogens with one attached hydrogen (secondary N) is 1. The van der Waals surface area contributed by atoms with Gasteiger partial charge in [0, 0.05) is 12.0 Å². The van der Waals surface area contributed by atoms with Gasteiger partial charge in [0.15, 0.2) is 0 Å². The lowest BCUT2D eigenvalue weighted by atomic mass is 9.63. The lowest BCUT2D eigenvalue weighted by Gasteiger charge is -2.42. The summed E-state index contributed by atoms with van der Waals surface area (Å²) < 4.78 is 0. The Hall–Kier alpha value is -1.04. The van der Waals surface area contributed by atoms with Crippen LogP contribution in [0.3, 0.4) is 0 Å². The zero-order valence-corrected chi connectivity index (χ0v) is 10.6. The zero-order chi connectivity index (χ0) is 12.3. The minimum absolute atomic E-state index is 0.0126. The monoisotopic (exact) mass is 244 g/mol. The van der Waals surface area contributed by atoms with Crippen molar-refractivity contribution in [2.24, 2.45) is 35.5 Å². The average molecular weight is 244 g/mol. The average Bonchev–Trinajstić information content (AvgIpc) is 2.87. The summed E-state index contributed by atoms with van der Waals surface area (Å²) in [5.74, 6) is 3.04. The predicted molar refractivity (Wildman–Crippen MR) is 66.2 cm³/mol. The molecule has 0 aromatic heterocycles. The van der Waals surface area contributed by atoms with Crippen LogP contribution in [0.1, 0.15) is 38.5 Å². The number of hydrogen-bond donors (Lipinski definition) is 1. The summed E-state index contributed by atoms with van der Waals surface area (Å²) in [4.78, 5) is 11.9. The number of rotatable bonds is 0. The number of amides is 1. The number of hydrogen-bond acceptors (Lipinski definition) is 2. The van der Waals surface area contributed by atoms with Gasteiger partial charge in [-0.2, -0.15) is 5.26 Å². The van der Waals surface area contributed by atoms with Gasteiger partial charge in [-0.25, -0.2) is 0 Å². The molecule has 18 heavy (non-hydrogen) atoms. The second-order valence-electron chi connectivity index (χ2n) is 6.75. The van der Waals surface area contributed by atoms with Crippen LogP contribution in [-0.2, 0) is 4.79 Å². The summed E-state index contributed by atoms with van der Waals surface area (Å²) in [7, 11) is 0. The van der Waals surface area contributed by atoms with Crippen LogP contribution in [0, 0.1) is 46.8 Å². The van der Waals surface area contributed by atoms with Crippen LogP contribution in [0.25, 0.3) is 0 Å². The molecule has 96 valence electrons. The number of fused-ring (bicyclic) bond motifs is 3. The molecule has 7 unspecified atom stereocenters. The molecule has 3 saturated carbocycles. The van der Waals surface area contributed by atoms with Crippen molar-refractivity contribution in [3.63, 3.8) is 0 Å². The Morgan fingerprint density at radius 3 is 2.50 bits per heavy atom. The van der Waals surface area contributed by atoms with Crippen molar-refractivity contribution in [1.29, 1.82) is 5.26 Å². The summed E-state index contributed by atoms with van der Waals surface area (Å²) in [5.41, 5.74) is 0. The van der Waals surface area contributed by atoms with Crippen LogP contribution in [0.5, 0.6) is 0 Å². The Morgan fingerprint density at radius 1 is 1.06 bits per heavy atom. The zero-order valence-electron chi connectivity index (χ0n) is 10.6. The lowest BCUT2D eigenvalue weighted by molar-refractivity contribution is -0.122. The minimum atomic E-state index is -0.357. The highest BCUT2D eigenvalue weighted by Crippen LogP contribution is 2.59. The van der Waals surface area contributed by atoms with Gasteiger partial charge in [-0.1, -0.05) is 25.7 Å². The molecular weight excluding hydrogens is 224 g/mol. The first kappa shape index (κ1) is 10.8. The molecule has 0 radical (unpaired) electrons. The molecule has 0 spiro atoms. The second kappa shape index (κ2) is 3.73. The number of carbonyl (C=O) groups is 1. The molecule has 7 atom stereocenters. The highest BCUT2D eigenvalue weighted by molar-refractivity contribution is 5.84. The SMILES string of the molecule is N#CC1C(=O)NC2C3CCCC4CCCC(C43)C12. The summed E-state index contributed by atoms with van der Waals surface area (Å²) in [6.07, 6.45) is 7.96. The lowest BCUT2D eigenvalue weighted by Crippen LogP contribution is -2.39. The Balaban J connectivity index is 1.73. The molecule has 1 aliphatic heterocycles. The molecule has 3 aliphatic carbocycles. The molecule has 1 heterocycles. The molecule has 0 bridgehead atoms. The fourth-order valence-corrected chi connectivity index (χ4v) is 5.81. The van der Waals surface area contributed by atoms with E-state index >= 15 is 0 Å². The summed E-state index contributed by atoms with van der Waals surface area (Å²) in [5, 5.41) is 12.5. The molecule has 4 aliphatic rings. The smallest absolute Gasteiger partial charge is 0.237 e. The molecule has 3 nitrogen and oxygen atoms in total. The summed E-state index contributed by atoms with van der Waals surface area (Å²) in [6.45, 7) is 0. The van der Waals surface area contributed by atoms with Crippen LogP contribution in [0.2, 0.25) is 0 Å². The third-order valence-electron chi connectivity index (χ3n) is 6.24. The van der Waals surface area contributed by atoms with E-state index in [2.05, 4.69) is 11.4 Å². The highest BCUT2D eigenvalue weighted by atomic mass is 16.2. The van der Waals surface area contributed by atoms with E-state index in [-0.39, 0.29) is 11.8 Å². The largest absolute Gasteiger partial charge is 0.352 e. The van der Waals surface area contributed by atoms with Crippen LogP contribution < -0.4 is 5.32 Å². The van der Waals surface area contributed by atoms with Gasteiger partial charge < -0.3 is 5.32 Å². The Morgan fingerprint density at radius 2 is 1.78 bits per heavy atom. The van der Waals surface area contributed by atoms with Gasteiger partial charge in [-0.15, -0.1) is 0 Å². The number of nitriles is 1. The maximum Gasteiger partial charge on any atom is 0.237 e. The first-order valence-corrected chi connectivity index (χ1v) is 7.51. The van der Waals surface area contributed by atoms with Gasteiger partial charge in [0.05, 0.1) is 6.07 Å². The highest BCUT2D eigenvalue weighted by Gasteiger charge is 2.61. The van der Waals surface area contributed by atoms with E-state index in [1.165, 1.54) is 38.5 Å². The predicted octanol–water partition coefficient (Wildman–Crippen LogP) is 2.09. The molecule has 1 N–H and O–H groups in total. The molecule has 0 aromatic carbocycles. The number of carbonyl (C=O) groups excluding carboxylic acids is 1. The van der Waals surface area contributed by atoms with E-state index in [4.69, 9.17) is 0 Å². The molecule has 4 rings (SSSR count). The van der Waals surface area contributed by atoms with Gasteiger partial charge in [0.2, 0.25) is 5.91 Å². The Bertz CT molecular complexity index is 425. The molecule has 4 fully saturated rings. The summed E-state index contributed by atoms with van der Waals surface area (Å²) in [6, 6.07) is 2.62. The maximum absolute atomic E-state index is 11.9. The summed E-state index contributed by atoms with van der Waals surface area (Å²) >= 11 is 0. The Kier molecular flexibility index (Phi) is 2.24. The van der Waals surface area contributed by atoms with E-state index in [0.29, 0.717) is 23.8 Å². The molecule has 1 saturated heterocycles. The quantitative estimate of drug-likeness (QED) is 0.709. The van der Waals surface area contributed by atoms with Gasteiger partial charge >= 0.3 is 0 Å². The van der Waals surface area contributed by atoms with Gasteiger partial charge in [0.25, 0.3) is 0 Å². The topological polar surface area (TPSA) is 52.9 Å². The molecular formula is C15H20N2O. The van der Waals surface area contributed by atoms with Crippen LogP contribution in [-0.4, -0.2) is 11.9 Å². The third-order valence-corrected chi connectivity index (χ3v) is 6.24. The molecule has 3 heteroatoms. The van der Waals surface area contributed by atoms with Crippen molar-refractivity contribution in [3.05, 3.63) is 0 Å². The van der Waals surface area contributed by atoms with Crippen molar-refractivity contribution >= 4 is 5.91 Å². The van der Waals surface area contributed by atoms with Gasteiger partial charge in [-0.3, -0.25) is 4.79 Å². The van der Waals surface area contributed by atoms with Crippen molar-refractivity contribution in [1.82, 2.24) is 5.32 Å². The van der Waals surface area contributed by atoms with Crippen LogP contribution >= 0.6 is 0 Å². The van der Waals surface area contributed by atoms with Gasteiger partial charge in [0.1, 0.15) is 5.92 Å².